The minimum atomic E-state index is 0.00265. The number of nitrogens with zero attached hydrogens (tertiary/aromatic N) is 1. The van der Waals surface area contributed by atoms with Crippen molar-refractivity contribution in [2.45, 2.75) is 23.6 Å². The third-order valence-corrected chi connectivity index (χ3v) is 3.80. The topological polar surface area (TPSA) is 62.8 Å². The van der Waals surface area contributed by atoms with Gasteiger partial charge in [-0.15, -0.1) is 0 Å². The van der Waals surface area contributed by atoms with Crippen molar-refractivity contribution in [3.63, 3.8) is 0 Å². The van der Waals surface area contributed by atoms with Crippen LogP contribution in [0.2, 0.25) is 0 Å². The molecule has 1 heterocycles. The summed E-state index contributed by atoms with van der Waals surface area (Å²) in [6, 6.07) is 10.1. The molecule has 1 aromatic carbocycles. The van der Waals surface area contributed by atoms with Crippen molar-refractivity contribution in [1.29, 1.82) is 5.41 Å². The molecule has 0 aliphatic carbocycles. The Hall–Kier alpha value is -1.81. The van der Waals surface area contributed by atoms with E-state index in [0.717, 1.165) is 9.79 Å². The van der Waals surface area contributed by atoms with Crippen LogP contribution in [0.1, 0.15) is 16.8 Å². The van der Waals surface area contributed by atoms with Gasteiger partial charge in [0.2, 0.25) is 0 Å². The molecule has 1 aromatic heterocycles. The normalized spacial score (nSPS) is 10.3. The fourth-order valence-corrected chi connectivity index (χ4v) is 2.71. The van der Waals surface area contributed by atoms with E-state index < -0.39 is 0 Å². The number of nitrogens with one attached hydrogen (secondary N) is 1. The lowest BCUT2D eigenvalue weighted by molar-refractivity contribution is 1.17. The van der Waals surface area contributed by atoms with E-state index in [4.69, 9.17) is 11.1 Å². The highest BCUT2D eigenvalue weighted by Crippen LogP contribution is 2.32. The van der Waals surface area contributed by atoms with Crippen molar-refractivity contribution in [2.24, 2.45) is 5.73 Å². The molecular formula is C14H15N3S. The number of hydrogen-bond acceptors (Lipinski definition) is 3. The van der Waals surface area contributed by atoms with Gasteiger partial charge in [-0.05, 0) is 37.6 Å². The largest absolute Gasteiger partial charge is 0.382 e. The second kappa shape index (κ2) is 5.23. The molecule has 2 aromatic rings. The predicted octanol–water partition coefficient (Wildman–Crippen LogP) is 3.13. The summed E-state index contributed by atoms with van der Waals surface area (Å²) in [6.45, 7) is 4.16. The molecule has 4 heteroatoms. The number of benzene rings is 1. The molecule has 0 aliphatic rings. The molecule has 0 bridgehead atoms. The fourth-order valence-electron chi connectivity index (χ4n) is 1.71. The van der Waals surface area contributed by atoms with E-state index in [1.807, 2.05) is 12.1 Å². The van der Waals surface area contributed by atoms with Gasteiger partial charge in [0.1, 0.15) is 11.5 Å². The summed E-state index contributed by atoms with van der Waals surface area (Å²) in [5.74, 6) is 0.00265. The fraction of sp³-hybridized carbons (Fsp3) is 0.143. The minimum absolute atomic E-state index is 0.00265. The first-order valence-corrected chi connectivity index (χ1v) is 6.44. The summed E-state index contributed by atoms with van der Waals surface area (Å²) >= 11 is 1.59. The van der Waals surface area contributed by atoms with Gasteiger partial charge in [0, 0.05) is 16.0 Å². The molecule has 0 fully saturated rings. The lowest BCUT2D eigenvalue weighted by Crippen LogP contribution is -2.14. The molecule has 0 radical (unpaired) electrons. The first-order chi connectivity index (χ1) is 8.58. The van der Waals surface area contributed by atoms with Crippen molar-refractivity contribution in [2.75, 3.05) is 0 Å². The molecule has 0 aliphatic heterocycles. The Labute approximate surface area is 111 Å². The summed E-state index contributed by atoms with van der Waals surface area (Å²) in [6.07, 6.45) is 1.66. The summed E-state index contributed by atoms with van der Waals surface area (Å²) in [4.78, 5) is 6.23. The summed E-state index contributed by atoms with van der Waals surface area (Å²) in [7, 11) is 0. The molecule has 0 saturated heterocycles. The van der Waals surface area contributed by atoms with Crippen LogP contribution < -0.4 is 5.73 Å². The van der Waals surface area contributed by atoms with Crippen molar-refractivity contribution < 1.29 is 0 Å². The highest BCUT2D eigenvalue weighted by atomic mass is 32.2. The molecule has 0 amide bonds. The van der Waals surface area contributed by atoms with Gasteiger partial charge in [-0.2, -0.15) is 0 Å². The van der Waals surface area contributed by atoms with Crippen LogP contribution in [0.5, 0.6) is 0 Å². The van der Waals surface area contributed by atoms with Crippen molar-refractivity contribution in [1.82, 2.24) is 4.98 Å². The van der Waals surface area contributed by atoms with Crippen LogP contribution in [0, 0.1) is 19.3 Å². The third kappa shape index (κ3) is 2.71. The molecule has 0 saturated carbocycles. The van der Waals surface area contributed by atoms with Crippen LogP contribution in [0.4, 0.5) is 0 Å². The molecule has 0 spiro atoms. The van der Waals surface area contributed by atoms with E-state index in [1.165, 1.54) is 11.1 Å². The molecule has 2 rings (SSSR count). The Morgan fingerprint density at radius 1 is 1.22 bits per heavy atom. The number of rotatable bonds is 3. The van der Waals surface area contributed by atoms with Gasteiger partial charge in [-0.25, -0.2) is 0 Å². The first kappa shape index (κ1) is 12.6. The standard InChI is InChI=1S/C14H15N3S/c1-9-5-6-11(10(2)8-9)18-12-4-3-7-17-13(12)14(15)16/h3-8H,1-2H3,(H3,15,16). The number of amidine groups is 1. The summed E-state index contributed by atoms with van der Waals surface area (Å²) < 4.78 is 0. The van der Waals surface area contributed by atoms with Crippen molar-refractivity contribution in [3.8, 4) is 0 Å². The Morgan fingerprint density at radius 3 is 2.67 bits per heavy atom. The Kier molecular flexibility index (Phi) is 3.67. The quantitative estimate of drug-likeness (QED) is 0.656. The number of aromatic nitrogens is 1. The summed E-state index contributed by atoms with van der Waals surface area (Å²) in [5.41, 5.74) is 8.55. The van der Waals surface area contributed by atoms with Gasteiger partial charge in [0.05, 0.1) is 0 Å². The summed E-state index contributed by atoms with van der Waals surface area (Å²) in [5, 5.41) is 7.53. The highest BCUT2D eigenvalue weighted by molar-refractivity contribution is 7.99. The number of nitrogens with two attached hydrogens (primary N) is 1. The molecule has 18 heavy (non-hydrogen) atoms. The van der Waals surface area contributed by atoms with Crippen LogP contribution >= 0.6 is 11.8 Å². The molecular weight excluding hydrogens is 242 g/mol. The first-order valence-electron chi connectivity index (χ1n) is 5.62. The van der Waals surface area contributed by atoms with Crippen LogP contribution in [0.15, 0.2) is 46.3 Å². The lowest BCUT2D eigenvalue weighted by Gasteiger charge is -2.09. The van der Waals surface area contributed by atoms with E-state index in [-0.39, 0.29) is 5.84 Å². The monoisotopic (exact) mass is 257 g/mol. The number of pyridine rings is 1. The maximum atomic E-state index is 7.53. The van der Waals surface area contributed by atoms with E-state index >= 15 is 0 Å². The molecule has 92 valence electrons. The maximum absolute atomic E-state index is 7.53. The predicted molar refractivity (Wildman–Crippen MR) is 75.3 cm³/mol. The van der Waals surface area contributed by atoms with E-state index in [9.17, 15) is 0 Å². The van der Waals surface area contributed by atoms with Gasteiger partial charge in [-0.1, -0.05) is 29.5 Å². The number of nitrogen functional groups attached to an aromatic ring is 1. The van der Waals surface area contributed by atoms with Gasteiger partial charge >= 0.3 is 0 Å². The maximum Gasteiger partial charge on any atom is 0.142 e. The van der Waals surface area contributed by atoms with E-state index in [1.54, 1.807) is 18.0 Å². The SMILES string of the molecule is Cc1ccc(Sc2cccnc2C(=N)N)c(C)c1. The van der Waals surface area contributed by atoms with Gasteiger partial charge in [0.15, 0.2) is 0 Å². The minimum Gasteiger partial charge on any atom is -0.382 e. The number of aryl methyl sites for hydroxylation is 2. The molecule has 0 unspecified atom stereocenters. The van der Waals surface area contributed by atoms with Gasteiger partial charge < -0.3 is 5.73 Å². The van der Waals surface area contributed by atoms with E-state index in [2.05, 4.69) is 37.0 Å². The Bertz CT molecular complexity index is 593. The Morgan fingerprint density at radius 2 is 2.00 bits per heavy atom. The average molecular weight is 257 g/mol. The molecule has 3 nitrogen and oxygen atoms in total. The third-order valence-electron chi connectivity index (χ3n) is 2.58. The van der Waals surface area contributed by atoms with E-state index in [0.29, 0.717) is 5.69 Å². The zero-order chi connectivity index (χ0) is 13.1. The van der Waals surface area contributed by atoms with Gasteiger partial charge in [0.25, 0.3) is 0 Å². The second-order valence-corrected chi connectivity index (χ2v) is 5.22. The zero-order valence-corrected chi connectivity index (χ0v) is 11.2. The highest BCUT2D eigenvalue weighted by Gasteiger charge is 2.09. The Balaban J connectivity index is 2.37. The molecule has 3 N–H and O–H groups in total. The van der Waals surface area contributed by atoms with Crippen LogP contribution in [-0.4, -0.2) is 10.8 Å². The molecule has 0 atom stereocenters. The van der Waals surface area contributed by atoms with Crippen LogP contribution in [0.25, 0.3) is 0 Å². The van der Waals surface area contributed by atoms with Crippen LogP contribution in [0.3, 0.4) is 0 Å². The van der Waals surface area contributed by atoms with Gasteiger partial charge in [-0.3, -0.25) is 10.4 Å². The zero-order valence-electron chi connectivity index (χ0n) is 10.4. The van der Waals surface area contributed by atoms with Crippen molar-refractivity contribution >= 4 is 17.6 Å². The smallest absolute Gasteiger partial charge is 0.142 e. The second-order valence-electron chi connectivity index (χ2n) is 4.13. The van der Waals surface area contributed by atoms with Crippen LogP contribution in [-0.2, 0) is 0 Å². The average Bonchev–Trinajstić information content (AvgIpc) is 2.33. The van der Waals surface area contributed by atoms with Crippen molar-refractivity contribution in [3.05, 3.63) is 53.3 Å². The number of hydrogen-bond donors (Lipinski definition) is 2. The lowest BCUT2D eigenvalue weighted by atomic mass is 10.2.